The van der Waals surface area contributed by atoms with E-state index >= 15 is 0 Å². The second kappa shape index (κ2) is 5.49. The van der Waals surface area contributed by atoms with Gasteiger partial charge in [0.2, 0.25) is 0 Å². The van der Waals surface area contributed by atoms with Crippen molar-refractivity contribution < 1.29 is 4.79 Å². The van der Waals surface area contributed by atoms with Crippen molar-refractivity contribution in [3.63, 3.8) is 0 Å². The summed E-state index contributed by atoms with van der Waals surface area (Å²) in [4.78, 5) is 14.5. The molecule has 0 aliphatic carbocycles. The van der Waals surface area contributed by atoms with Crippen molar-refractivity contribution in [1.82, 2.24) is 14.7 Å². The van der Waals surface area contributed by atoms with Gasteiger partial charge in [-0.3, -0.25) is 4.79 Å². The minimum atomic E-state index is 0.143. The average molecular weight is 269 g/mol. The van der Waals surface area contributed by atoms with Gasteiger partial charge < -0.3 is 4.90 Å². The summed E-state index contributed by atoms with van der Waals surface area (Å²) in [5, 5.41) is 4.18. The molecule has 3 rings (SSSR count). The first kappa shape index (κ1) is 12.9. The molecule has 1 unspecified atom stereocenters. The number of amides is 1. The van der Waals surface area contributed by atoms with Crippen molar-refractivity contribution in [3.8, 4) is 5.69 Å². The summed E-state index contributed by atoms with van der Waals surface area (Å²) in [7, 11) is 0. The van der Waals surface area contributed by atoms with Gasteiger partial charge in [-0.2, -0.15) is 5.10 Å². The fraction of sp³-hybridized carbons (Fsp3) is 0.375. The number of benzene rings is 1. The van der Waals surface area contributed by atoms with Crippen molar-refractivity contribution >= 4 is 5.91 Å². The Balaban J connectivity index is 1.78. The molecule has 1 amide bonds. The van der Waals surface area contributed by atoms with E-state index in [0.717, 1.165) is 30.6 Å². The number of likely N-dealkylation sites (tertiary alicyclic amines) is 1. The van der Waals surface area contributed by atoms with Crippen LogP contribution in [0.15, 0.2) is 42.7 Å². The standard InChI is InChI=1S/C16H19N3O/c1-13-5-2-3-11-18(13)16(20)14-6-8-15(9-7-14)19-12-4-10-17-19/h4,6-10,12-13H,2-3,5,11H2,1H3. The lowest BCUT2D eigenvalue weighted by Crippen LogP contribution is -2.42. The van der Waals surface area contributed by atoms with E-state index in [9.17, 15) is 4.79 Å². The van der Waals surface area contributed by atoms with E-state index in [0.29, 0.717) is 6.04 Å². The third kappa shape index (κ3) is 2.46. The maximum atomic E-state index is 12.5. The van der Waals surface area contributed by atoms with E-state index in [1.165, 1.54) is 6.42 Å². The number of rotatable bonds is 2. The zero-order chi connectivity index (χ0) is 13.9. The van der Waals surface area contributed by atoms with Gasteiger partial charge in [0.05, 0.1) is 5.69 Å². The molecule has 1 aromatic carbocycles. The van der Waals surface area contributed by atoms with Crippen LogP contribution in [0, 0.1) is 0 Å². The van der Waals surface area contributed by atoms with Crippen LogP contribution in [0.2, 0.25) is 0 Å². The summed E-state index contributed by atoms with van der Waals surface area (Å²) in [5.41, 5.74) is 1.73. The van der Waals surface area contributed by atoms with Crippen LogP contribution in [0.5, 0.6) is 0 Å². The number of hydrogen-bond acceptors (Lipinski definition) is 2. The SMILES string of the molecule is CC1CCCCN1C(=O)c1ccc(-n2cccn2)cc1. The Kier molecular flexibility index (Phi) is 3.54. The van der Waals surface area contributed by atoms with Gasteiger partial charge in [0.15, 0.2) is 0 Å². The molecule has 4 heteroatoms. The molecule has 1 atom stereocenters. The van der Waals surface area contributed by atoms with Crippen molar-refractivity contribution in [1.29, 1.82) is 0 Å². The Morgan fingerprint density at radius 2 is 2.05 bits per heavy atom. The topological polar surface area (TPSA) is 38.1 Å². The summed E-state index contributed by atoms with van der Waals surface area (Å²) in [6, 6.07) is 9.89. The summed E-state index contributed by atoms with van der Waals surface area (Å²) in [6.45, 7) is 3.01. The van der Waals surface area contributed by atoms with Gasteiger partial charge >= 0.3 is 0 Å². The number of aromatic nitrogens is 2. The smallest absolute Gasteiger partial charge is 0.254 e. The Morgan fingerprint density at radius 1 is 1.25 bits per heavy atom. The van der Waals surface area contributed by atoms with Gasteiger partial charge in [0.1, 0.15) is 0 Å². The van der Waals surface area contributed by atoms with Crippen LogP contribution in [0.4, 0.5) is 0 Å². The molecule has 1 aliphatic heterocycles. The van der Waals surface area contributed by atoms with Crippen LogP contribution >= 0.6 is 0 Å². The van der Waals surface area contributed by atoms with Crippen molar-refractivity contribution in [2.24, 2.45) is 0 Å². The summed E-state index contributed by atoms with van der Waals surface area (Å²) >= 11 is 0. The van der Waals surface area contributed by atoms with Crippen LogP contribution in [0.3, 0.4) is 0 Å². The fourth-order valence-electron chi connectivity index (χ4n) is 2.74. The summed E-state index contributed by atoms with van der Waals surface area (Å²) in [6.07, 6.45) is 7.08. The largest absolute Gasteiger partial charge is 0.336 e. The quantitative estimate of drug-likeness (QED) is 0.840. The predicted octanol–water partition coefficient (Wildman–Crippen LogP) is 2.89. The molecule has 2 aromatic rings. The zero-order valence-corrected chi connectivity index (χ0v) is 11.7. The highest BCUT2D eigenvalue weighted by molar-refractivity contribution is 5.94. The second-order valence-electron chi connectivity index (χ2n) is 5.34. The monoisotopic (exact) mass is 269 g/mol. The van der Waals surface area contributed by atoms with Crippen molar-refractivity contribution in [3.05, 3.63) is 48.3 Å². The molecule has 20 heavy (non-hydrogen) atoms. The van der Waals surface area contributed by atoms with Gasteiger partial charge in [-0.25, -0.2) is 4.68 Å². The molecule has 0 spiro atoms. The minimum Gasteiger partial charge on any atom is -0.336 e. The molecule has 0 saturated carbocycles. The van der Waals surface area contributed by atoms with Crippen LogP contribution < -0.4 is 0 Å². The molecule has 0 bridgehead atoms. The molecule has 4 nitrogen and oxygen atoms in total. The van der Waals surface area contributed by atoms with Gasteiger partial charge in [-0.1, -0.05) is 0 Å². The summed E-state index contributed by atoms with van der Waals surface area (Å²) in [5.74, 6) is 0.143. The highest BCUT2D eigenvalue weighted by Gasteiger charge is 2.23. The van der Waals surface area contributed by atoms with Crippen molar-refractivity contribution in [2.45, 2.75) is 32.2 Å². The van der Waals surface area contributed by atoms with Crippen LogP contribution in [0.1, 0.15) is 36.5 Å². The van der Waals surface area contributed by atoms with E-state index in [2.05, 4.69) is 12.0 Å². The van der Waals surface area contributed by atoms with E-state index in [1.807, 2.05) is 41.4 Å². The number of nitrogens with zero attached hydrogens (tertiary/aromatic N) is 3. The summed E-state index contributed by atoms with van der Waals surface area (Å²) < 4.78 is 1.79. The van der Waals surface area contributed by atoms with Gasteiger partial charge in [0.25, 0.3) is 5.91 Å². The zero-order valence-electron chi connectivity index (χ0n) is 11.7. The van der Waals surface area contributed by atoms with E-state index in [1.54, 1.807) is 10.9 Å². The van der Waals surface area contributed by atoms with Crippen LogP contribution in [-0.4, -0.2) is 33.2 Å². The minimum absolute atomic E-state index is 0.143. The highest BCUT2D eigenvalue weighted by Crippen LogP contribution is 2.19. The molecule has 1 aromatic heterocycles. The lowest BCUT2D eigenvalue weighted by Gasteiger charge is -2.33. The maximum Gasteiger partial charge on any atom is 0.254 e. The number of carbonyl (C=O) groups excluding carboxylic acids is 1. The van der Waals surface area contributed by atoms with Gasteiger partial charge in [-0.05, 0) is 56.5 Å². The molecule has 2 heterocycles. The van der Waals surface area contributed by atoms with Crippen LogP contribution in [0.25, 0.3) is 5.69 Å². The molecule has 104 valence electrons. The van der Waals surface area contributed by atoms with Gasteiger partial charge in [-0.15, -0.1) is 0 Å². The Hall–Kier alpha value is -2.10. The molecule has 1 fully saturated rings. The fourth-order valence-corrected chi connectivity index (χ4v) is 2.74. The number of piperidine rings is 1. The highest BCUT2D eigenvalue weighted by atomic mass is 16.2. The van der Waals surface area contributed by atoms with E-state index in [4.69, 9.17) is 0 Å². The van der Waals surface area contributed by atoms with E-state index < -0.39 is 0 Å². The third-order valence-corrected chi connectivity index (χ3v) is 3.95. The van der Waals surface area contributed by atoms with E-state index in [-0.39, 0.29) is 5.91 Å². The number of carbonyl (C=O) groups is 1. The predicted molar refractivity (Wildman–Crippen MR) is 77.9 cm³/mol. The van der Waals surface area contributed by atoms with Crippen LogP contribution in [-0.2, 0) is 0 Å². The Morgan fingerprint density at radius 3 is 2.70 bits per heavy atom. The first-order valence-electron chi connectivity index (χ1n) is 7.17. The third-order valence-electron chi connectivity index (χ3n) is 3.95. The lowest BCUT2D eigenvalue weighted by atomic mass is 10.0. The molecule has 0 N–H and O–H groups in total. The average Bonchev–Trinajstić information content (AvgIpc) is 3.01. The maximum absolute atomic E-state index is 12.5. The van der Waals surface area contributed by atoms with Gasteiger partial charge in [0, 0.05) is 30.5 Å². The molecular weight excluding hydrogens is 250 g/mol. The second-order valence-corrected chi connectivity index (χ2v) is 5.34. The van der Waals surface area contributed by atoms with Crippen molar-refractivity contribution in [2.75, 3.05) is 6.54 Å². The lowest BCUT2D eigenvalue weighted by molar-refractivity contribution is 0.0635. The first-order valence-corrected chi connectivity index (χ1v) is 7.17. The Labute approximate surface area is 119 Å². The molecule has 1 aliphatic rings. The molecule has 1 saturated heterocycles. The first-order chi connectivity index (χ1) is 9.75. The Bertz CT molecular complexity index is 574. The number of hydrogen-bond donors (Lipinski definition) is 0. The molecule has 0 radical (unpaired) electrons. The molecular formula is C16H19N3O. The normalized spacial score (nSPS) is 19.1.